The van der Waals surface area contributed by atoms with E-state index in [1.165, 1.54) is 23.6 Å². The Bertz CT molecular complexity index is 766. The zero-order valence-corrected chi connectivity index (χ0v) is 13.3. The first-order chi connectivity index (χ1) is 11.2. The Labute approximate surface area is 137 Å². The number of aryl methyl sites for hydroxylation is 1. The predicted molar refractivity (Wildman–Crippen MR) is 85.7 cm³/mol. The summed E-state index contributed by atoms with van der Waals surface area (Å²) in [5.41, 5.74) is 2.26. The Hall–Kier alpha value is -2.54. The van der Waals surface area contributed by atoms with Crippen molar-refractivity contribution in [3.63, 3.8) is 0 Å². The maximum Gasteiger partial charge on any atom is 0.284 e. The van der Waals surface area contributed by atoms with Crippen molar-refractivity contribution in [3.05, 3.63) is 53.8 Å². The van der Waals surface area contributed by atoms with Crippen LogP contribution in [0.4, 0.5) is 0 Å². The number of benzene rings is 1. The van der Waals surface area contributed by atoms with Gasteiger partial charge in [-0.05, 0) is 24.6 Å². The topological polar surface area (TPSA) is 81.2 Å². The highest BCUT2D eigenvalue weighted by Gasteiger charge is 2.12. The van der Waals surface area contributed by atoms with E-state index in [1.807, 2.05) is 31.2 Å². The van der Waals surface area contributed by atoms with Gasteiger partial charge < -0.3 is 14.2 Å². The Morgan fingerprint density at radius 1 is 1.22 bits per heavy atom. The highest BCUT2D eigenvalue weighted by atomic mass is 32.2. The first-order valence-electron chi connectivity index (χ1n) is 7.03. The van der Waals surface area contributed by atoms with Crippen molar-refractivity contribution < 1.29 is 13.6 Å². The van der Waals surface area contributed by atoms with Gasteiger partial charge in [0.1, 0.15) is 0 Å². The Morgan fingerprint density at radius 3 is 2.78 bits per heavy atom. The monoisotopic (exact) mass is 329 g/mol. The van der Waals surface area contributed by atoms with Gasteiger partial charge in [-0.15, -0.1) is 10.2 Å². The Kier molecular flexibility index (Phi) is 4.77. The normalized spacial score (nSPS) is 10.7. The van der Waals surface area contributed by atoms with Gasteiger partial charge in [0.25, 0.3) is 11.1 Å². The number of rotatable bonds is 6. The molecule has 2 aromatic heterocycles. The van der Waals surface area contributed by atoms with Crippen LogP contribution < -0.4 is 5.32 Å². The van der Waals surface area contributed by atoms with Crippen LogP contribution in [0, 0.1) is 6.92 Å². The number of amides is 1. The summed E-state index contributed by atoms with van der Waals surface area (Å²) in [6.45, 7) is 2.53. The molecule has 0 spiro atoms. The summed E-state index contributed by atoms with van der Waals surface area (Å²) < 4.78 is 10.6. The fourth-order valence-corrected chi connectivity index (χ4v) is 2.45. The molecule has 118 valence electrons. The molecular weight excluding hydrogens is 314 g/mol. The van der Waals surface area contributed by atoms with Crippen molar-refractivity contribution >= 4 is 17.7 Å². The molecule has 3 aromatic rings. The minimum atomic E-state index is -0.0895. The second-order valence-electron chi connectivity index (χ2n) is 4.90. The zero-order chi connectivity index (χ0) is 16.1. The van der Waals surface area contributed by atoms with Gasteiger partial charge in [0, 0.05) is 6.54 Å². The van der Waals surface area contributed by atoms with Crippen LogP contribution in [0.25, 0.3) is 11.7 Å². The molecule has 1 N–H and O–H groups in total. The van der Waals surface area contributed by atoms with Crippen LogP contribution in [-0.2, 0) is 11.3 Å². The standard InChI is InChI=1S/C16H15N3O3S/c1-11-4-6-12(7-5-11)9-17-14(20)10-23-16-19-18-15(22-16)13-3-2-8-21-13/h2-8H,9-10H2,1H3,(H,17,20). The molecule has 7 heteroatoms. The Morgan fingerprint density at radius 2 is 2.04 bits per heavy atom. The van der Waals surface area contributed by atoms with Crippen molar-refractivity contribution in [2.75, 3.05) is 5.75 Å². The maximum absolute atomic E-state index is 11.9. The summed E-state index contributed by atoms with van der Waals surface area (Å²) in [4.78, 5) is 11.9. The average Bonchev–Trinajstić information content (AvgIpc) is 3.23. The molecule has 23 heavy (non-hydrogen) atoms. The summed E-state index contributed by atoms with van der Waals surface area (Å²) in [6, 6.07) is 11.5. The van der Waals surface area contributed by atoms with Gasteiger partial charge in [-0.1, -0.05) is 41.6 Å². The lowest BCUT2D eigenvalue weighted by atomic mass is 10.1. The molecule has 3 rings (SSSR count). The van der Waals surface area contributed by atoms with Crippen molar-refractivity contribution in [2.45, 2.75) is 18.7 Å². The van der Waals surface area contributed by atoms with Gasteiger partial charge in [0.2, 0.25) is 5.91 Å². The van der Waals surface area contributed by atoms with Gasteiger partial charge in [-0.3, -0.25) is 4.79 Å². The number of carbonyl (C=O) groups excluding carboxylic acids is 1. The van der Waals surface area contributed by atoms with E-state index < -0.39 is 0 Å². The van der Waals surface area contributed by atoms with Crippen LogP contribution in [0.2, 0.25) is 0 Å². The number of carbonyl (C=O) groups is 1. The van der Waals surface area contributed by atoms with Crippen LogP contribution in [0.3, 0.4) is 0 Å². The van der Waals surface area contributed by atoms with E-state index >= 15 is 0 Å². The lowest BCUT2D eigenvalue weighted by molar-refractivity contribution is -0.118. The first-order valence-corrected chi connectivity index (χ1v) is 8.02. The molecule has 2 heterocycles. The molecule has 0 fully saturated rings. The SMILES string of the molecule is Cc1ccc(CNC(=O)CSc2nnc(-c3ccco3)o2)cc1. The van der Waals surface area contributed by atoms with Gasteiger partial charge in [-0.25, -0.2) is 0 Å². The minimum absolute atomic E-state index is 0.0895. The number of nitrogens with zero attached hydrogens (tertiary/aromatic N) is 2. The van der Waals surface area contributed by atoms with Crippen LogP contribution in [0.15, 0.2) is 56.7 Å². The number of nitrogens with one attached hydrogen (secondary N) is 1. The van der Waals surface area contributed by atoms with Crippen LogP contribution in [0.1, 0.15) is 11.1 Å². The fourth-order valence-electron chi connectivity index (χ4n) is 1.85. The second-order valence-corrected chi connectivity index (χ2v) is 5.83. The molecule has 0 aliphatic heterocycles. The summed E-state index contributed by atoms with van der Waals surface area (Å²) in [7, 11) is 0. The fraction of sp³-hybridized carbons (Fsp3) is 0.188. The van der Waals surface area contributed by atoms with Gasteiger partial charge in [-0.2, -0.15) is 0 Å². The molecule has 0 radical (unpaired) electrons. The van der Waals surface area contributed by atoms with Crippen LogP contribution >= 0.6 is 11.8 Å². The molecule has 0 saturated heterocycles. The maximum atomic E-state index is 11.9. The van der Waals surface area contributed by atoms with E-state index in [1.54, 1.807) is 12.1 Å². The number of furan rings is 1. The quantitative estimate of drug-likeness (QED) is 0.700. The number of hydrogen-bond donors (Lipinski definition) is 1. The van der Waals surface area contributed by atoms with Crippen molar-refractivity contribution in [1.29, 1.82) is 0 Å². The van der Waals surface area contributed by atoms with E-state index in [0.29, 0.717) is 23.4 Å². The van der Waals surface area contributed by atoms with E-state index in [9.17, 15) is 4.79 Å². The molecule has 6 nitrogen and oxygen atoms in total. The van der Waals surface area contributed by atoms with Gasteiger partial charge >= 0.3 is 0 Å². The molecule has 0 aliphatic rings. The number of thioether (sulfide) groups is 1. The molecule has 1 amide bonds. The molecule has 0 atom stereocenters. The van der Waals surface area contributed by atoms with Gasteiger partial charge in [0.15, 0.2) is 5.76 Å². The molecule has 0 bridgehead atoms. The van der Waals surface area contributed by atoms with Gasteiger partial charge in [0.05, 0.1) is 12.0 Å². The zero-order valence-electron chi connectivity index (χ0n) is 12.5. The Balaban J connectivity index is 1.46. The van der Waals surface area contributed by atoms with E-state index in [0.717, 1.165) is 5.56 Å². The van der Waals surface area contributed by atoms with Crippen LogP contribution in [-0.4, -0.2) is 21.9 Å². The highest BCUT2D eigenvalue weighted by Crippen LogP contribution is 2.23. The summed E-state index contributed by atoms with van der Waals surface area (Å²) in [5.74, 6) is 0.935. The first kappa shape index (κ1) is 15.4. The number of hydrogen-bond acceptors (Lipinski definition) is 6. The second kappa shape index (κ2) is 7.15. The molecule has 0 unspecified atom stereocenters. The van der Waals surface area contributed by atoms with E-state index in [4.69, 9.17) is 8.83 Å². The smallest absolute Gasteiger partial charge is 0.284 e. The van der Waals surface area contributed by atoms with Crippen LogP contribution in [0.5, 0.6) is 0 Å². The summed E-state index contributed by atoms with van der Waals surface area (Å²) in [6.07, 6.45) is 1.53. The van der Waals surface area contributed by atoms with Crippen molar-refractivity contribution in [1.82, 2.24) is 15.5 Å². The summed E-state index contributed by atoms with van der Waals surface area (Å²) in [5, 5.41) is 10.9. The lowest BCUT2D eigenvalue weighted by Crippen LogP contribution is -2.24. The molecule has 0 saturated carbocycles. The van der Waals surface area contributed by atoms with E-state index in [-0.39, 0.29) is 11.7 Å². The predicted octanol–water partition coefficient (Wildman–Crippen LogP) is 3.05. The summed E-state index contributed by atoms with van der Waals surface area (Å²) >= 11 is 1.19. The van der Waals surface area contributed by atoms with Crippen molar-refractivity contribution in [3.8, 4) is 11.7 Å². The largest absolute Gasteiger partial charge is 0.459 e. The third-order valence-electron chi connectivity index (χ3n) is 3.08. The third kappa shape index (κ3) is 4.23. The lowest BCUT2D eigenvalue weighted by Gasteiger charge is -2.04. The van der Waals surface area contributed by atoms with Crippen molar-refractivity contribution in [2.24, 2.45) is 0 Å². The third-order valence-corrected chi connectivity index (χ3v) is 3.89. The molecular formula is C16H15N3O3S. The average molecular weight is 329 g/mol. The molecule has 1 aromatic carbocycles. The highest BCUT2D eigenvalue weighted by molar-refractivity contribution is 7.99. The van der Waals surface area contributed by atoms with E-state index in [2.05, 4.69) is 15.5 Å². The molecule has 0 aliphatic carbocycles. The number of aromatic nitrogens is 2. The minimum Gasteiger partial charge on any atom is -0.459 e.